The van der Waals surface area contributed by atoms with Gasteiger partial charge in [-0.25, -0.2) is 0 Å². The SMILES string of the molecule is CCCC/C=C(\[Te]CCCC)C(=O)CC. The Labute approximate surface area is 105 Å². The van der Waals surface area contributed by atoms with Crippen molar-refractivity contribution in [1.29, 1.82) is 0 Å². The molecule has 0 saturated carbocycles. The number of Topliss-reactive ketones (excluding diaryl/α,β-unsaturated/α-hetero) is 1. The Morgan fingerprint density at radius 3 is 2.33 bits per heavy atom. The van der Waals surface area contributed by atoms with Crippen LogP contribution in [0.2, 0.25) is 4.47 Å². The summed E-state index contributed by atoms with van der Waals surface area (Å²) in [4.78, 5) is 11.7. The first-order valence-corrected chi connectivity index (χ1v) is 8.93. The Morgan fingerprint density at radius 2 is 1.80 bits per heavy atom. The van der Waals surface area contributed by atoms with E-state index in [1.54, 1.807) is 0 Å². The predicted molar refractivity (Wildman–Crippen MR) is 68.4 cm³/mol. The molecule has 0 aromatic carbocycles. The number of unbranched alkanes of at least 4 members (excludes halogenated alkanes) is 3. The molecule has 0 rings (SSSR count). The molecule has 0 aromatic rings. The Morgan fingerprint density at radius 1 is 1.13 bits per heavy atom. The summed E-state index contributed by atoms with van der Waals surface area (Å²) in [5, 5.41) is 0. The van der Waals surface area contributed by atoms with Crippen molar-refractivity contribution in [3.8, 4) is 0 Å². The Bertz CT molecular complexity index is 197. The van der Waals surface area contributed by atoms with Crippen LogP contribution in [0.3, 0.4) is 0 Å². The molecule has 0 aliphatic carbocycles. The van der Waals surface area contributed by atoms with Crippen LogP contribution in [0, 0.1) is 0 Å². The van der Waals surface area contributed by atoms with Crippen LogP contribution in [0.1, 0.15) is 59.3 Å². The summed E-state index contributed by atoms with van der Waals surface area (Å²) in [6.07, 6.45) is 9.02. The van der Waals surface area contributed by atoms with Gasteiger partial charge in [0.25, 0.3) is 0 Å². The van der Waals surface area contributed by atoms with Gasteiger partial charge >= 0.3 is 105 Å². The molecular formula is C13H24OTe. The van der Waals surface area contributed by atoms with Crippen LogP contribution in [-0.2, 0) is 4.79 Å². The summed E-state index contributed by atoms with van der Waals surface area (Å²) in [6, 6.07) is 0. The average molecular weight is 324 g/mol. The Hall–Kier alpha value is 0.200. The number of hydrogen-bond donors (Lipinski definition) is 0. The van der Waals surface area contributed by atoms with Crippen molar-refractivity contribution in [3.63, 3.8) is 0 Å². The second kappa shape index (κ2) is 10.7. The number of carbonyl (C=O) groups is 1. The topological polar surface area (TPSA) is 17.1 Å². The molecule has 0 aromatic heterocycles. The van der Waals surface area contributed by atoms with E-state index in [0.717, 1.165) is 6.42 Å². The fourth-order valence-corrected chi connectivity index (χ4v) is 4.60. The van der Waals surface area contributed by atoms with Crippen LogP contribution in [-0.4, -0.2) is 26.7 Å². The number of carbonyl (C=O) groups excluding carboxylic acids is 1. The second-order valence-corrected chi connectivity index (χ2v) is 6.93. The van der Waals surface area contributed by atoms with E-state index in [4.69, 9.17) is 0 Å². The van der Waals surface area contributed by atoms with E-state index in [2.05, 4.69) is 19.9 Å². The molecule has 0 aliphatic rings. The van der Waals surface area contributed by atoms with Crippen molar-refractivity contribution in [2.75, 3.05) is 0 Å². The molecule has 15 heavy (non-hydrogen) atoms. The number of ketones is 1. The molecule has 2 heteroatoms. The second-order valence-electron chi connectivity index (χ2n) is 3.69. The zero-order valence-electron chi connectivity index (χ0n) is 10.3. The molecule has 0 bridgehead atoms. The van der Waals surface area contributed by atoms with Gasteiger partial charge in [-0.1, -0.05) is 0 Å². The molecule has 0 atom stereocenters. The van der Waals surface area contributed by atoms with Crippen molar-refractivity contribution < 1.29 is 4.79 Å². The third-order valence-corrected chi connectivity index (χ3v) is 5.66. The fraction of sp³-hybridized carbons (Fsp3) is 0.769. The predicted octanol–water partition coefficient (Wildman–Crippen LogP) is 3.96. The molecule has 0 radical (unpaired) electrons. The van der Waals surface area contributed by atoms with Crippen LogP contribution in [0.5, 0.6) is 0 Å². The third kappa shape index (κ3) is 8.05. The van der Waals surface area contributed by atoms with Crippen molar-refractivity contribution in [1.82, 2.24) is 0 Å². The van der Waals surface area contributed by atoms with Gasteiger partial charge in [-0.3, -0.25) is 0 Å². The molecule has 0 amide bonds. The molecule has 0 heterocycles. The van der Waals surface area contributed by atoms with Gasteiger partial charge in [0, 0.05) is 0 Å². The molecule has 0 fully saturated rings. The van der Waals surface area contributed by atoms with Gasteiger partial charge in [-0.2, -0.15) is 0 Å². The van der Waals surface area contributed by atoms with Gasteiger partial charge in [0.15, 0.2) is 0 Å². The number of rotatable bonds is 9. The van der Waals surface area contributed by atoms with E-state index in [1.807, 2.05) is 6.92 Å². The van der Waals surface area contributed by atoms with Crippen molar-refractivity contribution >= 4 is 26.7 Å². The van der Waals surface area contributed by atoms with Gasteiger partial charge in [-0.15, -0.1) is 0 Å². The minimum atomic E-state index is -0.180. The molecule has 1 nitrogen and oxygen atoms in total. The Balaban J connectivity index is 4.05. The normalized spacial score (nSPS) is 11.8. The third-order valence-electron chi connectivity index (χ3n) is 2.24. The van der Waals surface area contributed by atoms with Gasteiger partial charge in [0.2, 0.25) is 0 Å². The number of hydrogen-bond acceptors (Lipinski definition) is 1. The molecule has 0 spiro atoms. The van der Waals surface area contributed by atoms with Gasteiger partial charge in [-0.05, 0) is 0 Å². The summed E-state index contributed by atoms with van der Waals surface area (Å²) in [5.74, 6) is 0.407. The fourth-order valence-electron chi connectivity index (χ4n) is 1.19. The minimum absolute atomic E-state index is 0.180. The molecule has 0 N–H and O–H groups in total. The van der Waals surface area contributed by atoms with Crippen molar-refractivity contribution in [2.45, 2.75) is 63.8 Å². The summed E-state index contributed by atoms with van der Waals surface area (Å²) < 4.78 is 2.51. The maximum absolute atomic E-state index is 11.7. The van der Waals surface area contributed by atoms with E-state index in [0.29, 0.717) is 12.2 Å². The van der Waals surface area contributed by atoms with Gasteiger partial charge in [0.05, 0.1) is 0 Å². The van der Waals surface area contributed by atoms with Crippen LogP contribution in [0.15, 0.2) is 9.70 Å². The Kier molecular flexibility index (Phi) is 10.9. The summed E-state index contributed by atoms with van der Waals surface area (Å²) in [6.45, 7) is 6.39. The standard InChI is InChI=1S/C13H24OTe/c1-4-7-9-10-13(12(14)6-3)15-11-8-5-2/h10H,4-9,11H2,1-3H3/b13-10-. The summed E-state index contributed by atoms with van der Waals surface area (Å²) in [7, 11) is 0. The molecule has 0 aliphatic heterocycles. The quantitative estimate of drug-likeness (QED) is 0.356. The molecule has 88 valence electrons. The first-order chi connectivity index (χ1) is 7.26. The van der Waals surface area contributed by atoms with E-state index in [1.165, 1.54) is 33.8 Å². The van der Waals surface area contributed by atoms with E-state index in [-0.39, 0.29) is 20.9 Å². The van der Waals surface area contributed by atoms with Crippen LogP contribution in [0.25, 0.3) is 0 Å². The van der Waals surface area contributed by atoms with Crippen LogP contribution < -0.4 is 0 Å². The number of allylic oxidation sites excluding steroid dienone is 2. The van der Waals surface area contributed by atoms with E-state index >= 15 is 0 Å². The molecular weight excluding hydrogens is 300 g/mol. The van der Waals surface area contributed by atoms with Crippen molar-refractivity contribution in [2.24, 2.45) is 0 Å². The van der Waals surface area contributed by atoms with E-state index < -0.39 is 0 Å². The van der Waals surface area contributed by atoms with E-state index in [9.17, 15) is 4.79 Å². The summed E-state index contributed by atoms with van der Waals surface area (Å²) >= 11 is -0.180. The van der Waals surface area contributed by atoms with Gasteiger partial charge in [0.1, 0.15) is 0 Å². The average Bonchev–Trinajstić information content (AvgIpc) is 2.26. The first kappa shape index (κ1) is 15.2. The van der Waals surface area contributed by atoms with Crippen LogP contribution >= 0.6 is 0 Å². The molecule has 0 saturated heterocycles. The molecule has 0 unspecified atom stereocenters. The zero-order chi connectivity index (χ0) is 11.5. The maximum atomic E-state index is 11.7. The monoisotopic (exact) mass is 326 g/mol. The van der Waals surface area contributed by atoms with Gasteiger partial charge < -0.3 is 0 Å². The van der Waals surface area contributed by atoms with Crippen molar-refractivity contribution in [3.05, 3.63) is 9.70 Å². The zero-order valence-corrected chi connectivity index (χ0v) is 12.7. The summed E-state index contributed by atoms with van der Waals surface area (Å²) in [5.41, 5.74) is 0. The van der Waals surface area contributed by atoms with Crippen LogP contribution in [0.4, 0.5) is 0 Å². The first-order valence-electron chi connectivity index (χ1n) is 6.12.